The van der Waals surface area contributed by atoms with E-state index in [1.165, 1.54) is 0 Å². The largest absolute Gasteiger partial charge is 0.393 e. The molecule has 2 unspecified atom stereocenters. The lowest BCUT2D eigenvalue weighted by atomic mass is 10.1. The van der Waals surface area contributed by atoms with E-state index in [-0.39, 0.29) is 5.92 Å². The molecule has 0 saturated heterocycles. The molecule has 2 aromatic rings. The van der Waals surface area contributed by atoms with Crippen LogP contribution in [0.2, 0.25) is 5.02 Å². The van der Waals surface area contributed by atoms with Crippen LogP contribution in [0, 0.1) is 0 Å². The van der Waals surface area contributed by atoms with E-state index in [2.05, 4.69) is 10.1 Å². The second-order valence-corrected chi connectivity index (χ2v) is 4.82. The maximum absolute atomic E-state index is 9.46. The second kappa shape index (κ2) is 5.50. The SMILES string of the molecule is CC(O)C(C)c1nc(Cc2cccc(Cl)c2)no1. The first-order valence-electron chi connectivity index (χ1n) is 5.81. The van der Waals surface area contributed by atoms with Crippen molar-refractivity contribution >= 4 is 11.6 Å². The number of rotatable bonds is 4. The van der Waals surface area contributed by atoms with E-state index in [0.29, 0.717) is 23.2 Å². The van der Waals surface area contributed by atoms with Crippen LogP contribution >= 0.6 is 11.6 Å². The molecular weight excluding hydrogens is 252 g/mol. The van der Waals surface area contributed by atoms with Crippen LogP contribution in [0.4, 0.5) is 0 Å². The van der Waals surface area contributed by atoms with Crippen LogP contribution in [0.15, 0.2) is 28.8 Å². The molecule has 0 radical (unpaired) electrons. The Hall–Kier alpha value is -1.39. The summed E-state index contributed by atoms with van der Waals surface area (Å²) < 4.78 is 5.14. The number of aromatic nitrogens is 2. The fraction of sp³-hybridized carbons (Fsp3) is 0.385. The number of benzene rings is 1. The van der Waals surface area contributed by atoms with Crippen molar-refractivity contribution in [2.75, 3.05) is 0 Å². The summed E-state index contributed by atoms with van der Waals surface area (Å²) in [6.45, 7) is 3.55. The minimum atomic E-state index is -0.510. The highest BCUT2D eigenvalue weighted by molar-refractivity contribution is 6.30. The molecule has 1 aromatic carbocycles. The van der Waals surface area contributed by atoms with Crippen LogP contribution < -0.4 is 0 Å². The van der Waals surface area contributed by atoms with Crippen LogP contribution in [0.5, 0.6) is 0 Å². The molecule has 5 heteroatoms. The number of aliphatic hydroxyl groups is 1. The van der Waals surface area contributed by atoms with Gasteiger partial charge >= 0.3 is 0 Å². The predicted molar refractivity (Wildman–Crippen MR) is 68.7 cm³/mol. The van der Waals surface area contributed by atoms with Crippen LogP contribution in [-0.4, -0.2) is 21.4 Å². The fourth-order valence-electron chi connectivity index (χ4n) is 1.56. The predicted octanol–water partition coefficient (Wildman–Crippen LogP) is 2.80. The van der Waals surface area contributed by atoms with Gasteiger partial charge in [-0.15, -0.1) is 0 Å². The van der Waals surface area contributed by atoms with E-state index >= 15 is 0 Å². The molecule has 0 saturated carbocycles. The highest BCUT2D eigenvalue weighted by Gasteiger charge is 2.18. The normalized spacial score (nSPS) is 14.4. The summed E-state index contributed by atoms with van der Waals surface area (Å²) in [5, 5.41) is 14.1. The third-order valence-corrected chi connectivity index (χ3v) is 3.08. The number of nitrogens with zero attached hydrogens (tertiary/aromatic N) is 2. The van der Waals surface area contributed by atoms with Gasteiger partial charge in [-0.25, -0.2) is 0 Å². The van der Waals surface area contributed by atoms with Crippen molar-refractivity contribution < 1.29 is 9.63 Å². The zero-order valence-electron chi connectivity index (χ0n) is 10.3. The summed E-state index contributed by atoms with van der Waals surface area (Å²) in [6, 6.07) is 7.54. The highest BCUT2D eigenvalue weighted by atomic mass is 35.5. The highest BCUT2D eigenvalue weighted by Crippen LogP contribution is 2.18. The third-order valence-electron chi connectivity index (χ3n) is 2.85. The number of hydrogen-bond donors (Lipinski definition) is 1. The molecule has 1 heterocycles. The van der Waals surface area contributed by atoms with Crippen molar-refractivity contribution in [3.05, 3.63) is 46.6 Å². The molecule has 18 heavy (non-hydrogen) atoms. The summed E-state index contributed by atoms with van der Waals surface area (Å²) in [5.41, 5.74) is 1.03. The zero-order chi connectivity index (χ0) is 13.1. The summed E-state index contributed by atoms with van der Waals surface area (Å²) in [5.74, 6) is 0.896. The summed E-state index contributed by atoms with van der Waals surface area (Å²) >= 11 is 5.91. The quantitative estimate of drug-likeness (QED) is 0.924. The van der Waals surface area contributed by atoms with Gasteiger partial charge in [-0.1, -0.05) is 35.8 Å². The van der Waals surface area contributed by atoms with E-state index in [9.17, 15) is 5.11 Å². The van der Waals surface area contributed by atoms with Crippen molar-refractivity contribution in [2.45, 2.75) is 32.3 Å². The Morgan fingerprint density at radius 2 is 2.17 bits per heavy atom. The van der Waals surface area contributed by atoms with Gasteiger partial charge in [0.1, 0.15) is 0 Å². The van der Waals surface area contributed by atoms with Gasteiger partial charge in [0.25, 0.3) is 0 Å². The first kappa shape index (κ1) is 13.1. The van der Waals surface area contributed by atoms with Gasteiger partial charge in [0.05, 0.1) is 12.0 Å². The van der Waals surface area contributed by atoms with Gasteiger partial charge < -0.3 is 9.63 Å². The Kier molecular flexibility index (Phi) is 3.99. The molecular formula is C13H15ClN2O2. The third kappa shape index (κ3) is 3.09. The lowest BCUT2D eigenvalue weighted by molar-refractivity contribution is 0.151. The van der Waals surface area contributed by atoms with E-state index in [4.69, 9.17) is 16.1 Å². The Labute approximate surface area is 111 Å². The summed E-state index contributed by atoms with van der Waals surface area (Å²) in [4.78, 5) is 4.28. The van der Waals surface area contributed by atoms with Gasteiger partial charge in [-0.2, -0.15) is 4.98 Å². The Bertz CT molecular complexity index is 525. The molecule has 4 nitrogen and oxygen atoms in total. The van der Waals surface area contributed by atoms with Gasteiger partial charge in [-0.05, 0) is 24.6 Å². The molecule has 96 valence electrons. The molecule has 2 atom stereocenters. The van der Waals surface area contributed by atoms with Gasteiger partial charge in [-0.3, -0.25) is 0 Å². The van der Waals surface area contributed by atoms with E-state index in [0.717, 1.165) is 5.56 Å². The first-order valence-corrected chi connectivity index (χ1v) is 6.19. The standard InChI is InChI=1S/C13H15ClN2O2/c1-8(9(2)17)13-15-12(16-18-13)7-10-4-3-5-11(14)6-10/h3-6,8-9,17H,7H2,1-2H3. The molecule has 2 rings (SSSR count). The summed E-state index contributed by atoms with van der Waals surface area (Å²) in [7, 11) is 0. The minimum Gasteiger partial charge on any atom is -0.393 e. The molecule has 1 N–H and O–H groups in total. The Morgan fingerprint density at radius 3 is 2.83 bits per heavy atom. The van der Waals surface area contributed by atoms with Gasteiger partial charge in [0.15, 0.2) is 5.82 Å². The minimum absolute atomic E-state index is 0.161. The van der Waals surface area contributed by atoms with Crippen molar-refractivity contribution in [3.8, 4) is 0 Å². The lowest BCUT2D eigenvalue weighted by Gasteiger charge is -2.07. The molecule has 0 aliphatic heterocycles. The fourth-order valence-corrected chi connectivity index (χ4v) is 1.77. The molecule has 0 aliphatic rings. The van der Waals surface area contributed by atoms with Gasteiger partial charge in [0, 0.05) is 11.4 Å². The monoisotopic (exact) mass is 266 g/mol. The van der Waals surface area contributed by atoms with Crippen LogP contribution in [0.3, 0.4) is 0 Å². The number of hydrogen-bond acceptors (Lipinski definition) is 4. The molecule has 0 aliphatic carbocycles. The van der Waals surface area contributed by atoms with Crippen molar-refractivity contribution in [2.24, 2.45) is 0 Å². The molecule has 0 fully saturated rings. The smallest absolute Gasteiger partial charge is 0.232 e. The molecule has 1 aromatic heterocycles. The van der Waals surface area contributed by atoms with Crippen molar-refractivity contribution in [1.29, 1.82) is 0 Å². The average molecular weight is 267 g/mol. The van der Waals surface area contributed by atoms with Crippen LogP contribution in [0.1, 0.15) is 37.0 Å². The van der Waals surface area contributed by atoms with Crippen LogP contribution in [-0.2, 0) is 6.42 Å². The van der Waals surface area contributed by atoms with E-state index < -0.39 is 6.10 Å². The number of halogens is 1. The molecule has 0 amide bonds. The Morgan fingerprint density at radius 1 is 1.39 bits per heavy atom. The van der Waals surface area contributed by atoms with Crippen LogP contribution in [0.25, 0.3) is 0 Å². The lowest BCUT2D eigenvalue weighted by Crippen LogP contribution is -2.11. The van der Waals surface area contributed by atoms with Gasteiger partial charge in [0.2, 0.25) is 5.89 Å². The number of aliphatic hydroxyl groups excluding tert-OH is 1. The molecule has 0 bridgehead atoms. The van der Waals surface area contributed by atoms with E-state index in [1.807, 2.05) is 31.2 Å². The Balaban J connectivity index is 2.11. The summed E-state index contributed by atoms with van der Waals surface area (Å²) in [6.07, 6.45) is 0.0563. The van der Waals surface area contributed by atoms with Crippen molar-refractivity contribution in [3.63, 3.8) is 0 Å². The molecule has 0 spiro atoms. The topological polar surface area (TPSA) is 59.2 Å². The van der Waals surface area contributed by atoms with E-state index in [1.54, 1.807) is 6.92 Å². The van der Waals surface area contributed by atoms with Crippen molar-refractivity contribution in [1.82, 2.24) is 10.1 Å². The second-order valence-electron chi connectivity index (χ2n) is 4.38. The maximum atomic E-state index is 9.46. The first-order chi connectivity index (χ1) is 8.56. The zero-order valence-corrected chi connectivity index (χ0v) is 11.1. The maximum Gasteiger partial charge on any atom is 0.232 e. The average Bonchev–Trinajstić information content (AvgIpc) is 2.76.